The molecule has 2 unspecified atom stereocenters. The van der Waals surface area contributed by atoms with Crippen molar-refractivity contribution in [3.63, 3.8) is 0 Å². The molecule has 0 aliphatic heterocycles. The van der Waals surface area contributed by atoms with Crippen LogP contribution < -0.4 is 0 Å². The van der Waals surface area contributed by atoms with Crippen molar-refractivity contribution >= 4 is 5.97 Å². The normalized spacial score (nSPS) is 35.2. The number of aliphatic hydroxyl groups is 1. The quantitative estimate of drug-likeness (QED) is 0.322. The highest BCUT2D eigenvalue weighted by Gasteiger charge is 2.79. The minimum Gasteiger partial charge on any atom is -0.462 e. The summed E-state index contributed by atoms with van der Waals surface area (Å²) < 4.78 is 92.3. The number of hydrogen-bond acceptors (Lipinski definition) is 4. The Balaban J connectivity index is 1.88. The average molecular weight is 472 g/mol. The van der Waals surface area contributed by atoms with E-state index in [1.807, 2.05) is 0 Å². The van der Waals surface area contributed by atoms with Crippen LogP contribution in [0.1, 0.15) is 59.8 Å². The Hall–Kier alpha value is -1.29. The van der Waals surface area contributed by atoms with Gasteiger partial charge in [0.25, 0.3) is 5.60 Å². The van der Waals surface area contributed by atoms with Gasteiger partial charge in [-0.2, -0.15) is 26.3 Å². The third-order valence-corrected chi connectivity index (χ3v) is 7.96. The number of esters is 1. The van der Waals surface area contributed by atoms with Crippen LogP contribution in [-0.4, -0.2) is 46.8 Å². The fourth-order valence-corrected chi connectivity index (χ4v) is 6.50. The van der Waals surface area contributed by atoms with Crippen molar-refractivity contribution in [2.75, 3.05) is 6.61 Å². The first-order valence-electron chi connectivity index (χ1n) is 10.7. The predicted octanol–water partition coefficient (Wildman–Crippen LogP) is 5.34. The Morgan fingerprint density at radius 1 is 1.03 bits per heavy atom. The first-order chi connectivity index (χ1) is 14.3. The van der Waals surface area contributed by atoms with E-state index in [0.29, 0.717) is 39.5 Å². The van der Waals surface area contributed by atoms with Crippen LogP contribution in [0.5, 0.6) is 0 Å². The minimum atomic E-state index is -5.98. The predicted molar refractivity (Wildman–Crippen MR) is 102 cm³/mol. The van der Waals surface area contributed by atoms with E-state index >= 15 is 0 Å². The third-order valence-electron chi connectivity index (χ3n) is 7.96. The molecule has 1 N–H and O–H groups in total. The van der Waals surface area contributed by atoms with Gasteiger partial charge in [-0.1, -0.05) is 6.58 Å². The molecule has 4 saturated carbocycles. The Morgan fingerprint density at radius 2 is 1.50 bits per heavy atom. The van der Waals surface area contributed by atoms with Gasteiger partial charge in [-0.05, 0) is 77.6 Å². The highest BCUT2D eigenvalue weighted by atomic mass is 19.4. The van der Waals surface area contributed by atoms with Crippen molar-refractivity contribution in [2.24, 2.45) is 23.2 Å². The summed E-state index contributed by atoms with van der Waals surface area (Å²) in [6, 6.07) is 0. The maximum Gasteiger partial charge on any atom is 0.429 e. The molecule has 32 heavy (non-hydrogen) atoms. The van der Waals surface area contributed by atoms with Crippen LogP contribution in [0, 0.1) is 23.2 Å². The second-order valence-electron chi connectivity index (χ2n) is 10.7. The second-order valence-corrected chi connectivity index (χ2v) is 10.7. The van der Waals surface area contributed by atoms with Crippen molar-refractivity contribution in [3.05, 3.63) is 12.2 Å². The molecule has 0 saturated heterocycles. The van der Waals surface area contributed by atoms with Gasteiger partial charge in [0.15, 0.2) is 0 Å². The smallest absolute Gasteiger partial charge is 0.429 e. The van der Waals surface area contributed by atoms with Crippen LogP contribution in [0.3, 0.4) is 0 Å². The van der Waals surface area contributed by atoms with Gasteiger partial charge in [-0.3, -0.25) is 0 Å². The van der Waals surface area contributed by atoms with Gasteiger partial charge >= 0.3 is 18.3 Å². The van der Waals surface area contributed by atoms with Crippen LogP contribution in [0.2, 0.25) is 0 Å². The summed E-state index contributed by atoms with van der Waals surface area (Å²) in [5, 5.41) is 9.99. The lowest BCUT2D eigenvalue weighted by molar-refractivity contribution is -0.428. The van der Waals surface area contributed by atoms with Crippen LogP contribution in [0.4, 0.5) is 26.3 Å². The molecule has 0 spiro atoms. The van der Waals surface area contributed by atoms with E-state index in [4.69, 9.17) is 9.47 Å². The van der Waals surface area contributed by atoms with Crippen molar-refractivity contribution in [1.82, 2.24) is 0 Å². The van der Waals surface area contributed by atoms with Crippen molar-refractivity contribution in [2.45, 2.75) is 89.0 Å². The maximum absolute atomic E-state index is 13.5. The molecule has 0 aromatic carbocycles. The van der Waals surface area contributed by atoms with E-state index < -0.39 is 35.1 Å². The van der Waals surface area contributed by atoms with Gasteiger partial charge in [-0.25, -0.2) is 4.79 Å². The monoisotopic (exact) mass is 472 g/mol. The van der Waals surface area contributed by atoms with E-state index in [0.717, 1.165) is 6.42 Å². The molecular formula is C22H30F6O4. The third kappa shape index (κ3) is 3.75. The number of alkyl halides is 6. The summed E-state index contributed by atoms with van der Waals surface area (Å²) in [6.45, 7) is 8.06. The Labute approximate surface area is 183 Å². The SMILES string of the molecule is C=C(C)C(=O)OCC12CC3CC(C1)C(C)(OC(C)(C)C(O)(C(F)(F)F)C(F)(F)F)C(C3)C2. The number of carbonyl (C=O) groups is 1. The summed E-state index contributed by atoms with van der Waals surface area (Å²) in [5.74, 6) is -0.925. The summed E-state index contributed by atoms with van der Waals surface area (Å²) in [4.78, 5) is 11.9. The lowest BCUT2D eigenvalue weighted by Gasteiger charge is -2.65. The van der Waals surface area contributed by atoms with Gasteiger partial charge < -0.3 is 14.6 Å². The molecule has 4 fully saturated rings. The van der Waals surface area contributed by atoms with Gasteiger partial charge in [0.05, 0.1) is 12.2 Å². The summed E-state index contributed by atoms with van der Waals surface area (Å²) >= 11 is 0. The number of carbonyl (C=O) groups excluding carboxylic acids is 1. The van der Waals surface area contributed by atoms with Crippen molar-refractivity contribution in [1.29, 1.82) is 0 Å². The molecule has 4 aliphatic rings. The minimum absolute atomic E-state index is 0.136. The van der Waals surface area contributed by atoms with Crippen LogP contribution in [-0.2, 0) is 14.3 Å². The largest absolute Gasteiger partial charge is 0.462 e. The van der Waals surface area contributed by atoms with Crippen LogP contribution in [0.25, 0.3) is 0 Å². The zero-order chi connectivity index (χ0) is 24.5. The molecule has 0 heterocycles. The molecule has 2 atom stereocenters. The molecule has 0 aromatic rings. The maximum atomic E-state index is 13.5. The van der Waals surface area contributed by atoms with E-state index in [2.05, 4.69) is 6.58 Å². The second kappa shape index (κ2) is 7.35. The van der Waals surface area contributed by atoms with Gasteiger partial charge in [0.1, 0.15) is 5.60 Å². The fraction of sp³-hybridized carbons (Fsp3) is 0.864. The number of ether oxygens (including phenoxy) is 2. The molecule has 0 amide bonds. The molecule has 4 nitrogen and oxygen atoms in total. The van der Waals surface area contributed by atoms with Crippen molar-refractivity contribution < 1.29 is 45.7 Å². The Bertz CT molecular complexity index is 754. The lowest BCUT2D eigenvalue weighted by Crippen LogP contribution is -2.73. The number of rotatable bonds is 6. The van der Waals surface area contributed by atoms with Crippen LogP contribution >= 0.6 is 0 Å². The summed E-state index contributed by atoms with van der Waals surface area (Å²) in [7, 11) is 0. The highest BCUT2D eigenvalue weighted by molar-refractivity contribution is 5.86. The van der Waals surface area contributed by atoms with E-state index in [-0.39, 0.29) is 35.3 Å². The highest BCUT2D eigenvalue weighted by Crippen LogP contribution is 2.66. The molecule has 0 aromatic heterocycles. The topological polar surface area (TPSA) is 55.8 Å². The molecule has 0 radical (unpaired) electrons. The summed E-state index contributed by atoms with van der Waals surface area (Å²) in [5.41, 5.74) is -9.42. The lowest BCUT2D eigenvalue weighted by atomic mass is 9.45. The van der Waals surface area contributed by atoms with Gasteiger partial charge in [0.2, 0.25) is 0 Å². The molecular weight excluding hydrogens is 442 g/mol. The number of halogens is 6. The Morgan fingerprint density at radius 3 is 1.91 bits per heavy atom. The Kier molecular flexibility index (Phi) is 5.82. The molecule has 4 rings (SSSR count). The molecule has 4 aliphatic carbocycles. The first-order valence-corrected chi connectivity index (χ1v) is 10.7. The van der Waals surface area contributed by atoms with E-state index in [9.17, 15) is 36.2 Å². The van der Waals surface area contributed by atoms with Crippen LogP contribution in [0.15, 0.2) is 12.2 Å². The zero-order valence-electron chi connectivity index (χ0n) is 18.6. The summed E-state index contributed by atoms with van der Waals surface area (Å²) in [6.07, 6.45) is -9.02. The number of hydrogen-bond donors (Lipinski definition) is 1. The van der Waals surface area contributed by atoms with Gasteiger partial charge in [0, 0.05) is 11.0 Å². The first kappa shape index (κ1) is 25.3. The van der Waals surface area contributed by atoms with Crippen molar-refractivity contribution in [3.8, 4) is 0 Å². The molecule has 184 valence electrons. The van der Waals surface area contributed by atoms with Gasteiger partial charge in [-0.15, -0.1) is 0 Å². The van der Waals surface area contributed by atoms with E-state index in [1.165, 1.54) is 6.92 Å². The molecule has 4 bridgehead atoms. The molecule has 10 heteroatoms. The fourth-order valence-electron chi connectivity index (χ4n) is 6.50. The average Bonchev–Trinajstić information content (AvgIpc) is 2.60. The zero-order valence-corrected chi connectivity index (χ0v) is 18.6. The van der Waals surface area contributed by atoms with E-state index in [1.54, 1.807) is 6.92 Å². The standard InChI is InChI=1S/C22H30F6O4/c1-12(2)16(29)31-11-19-8-13-6-14(9-19)18(5,15(7-13)10-19)32-17(3,4)20(30,21(23,24)25)22(26,27)28/h13-15,30H,1,6-11H2,2-5H3.